The first-order valence-electron chi connectivity index (χ1n) is 11.2. The molecule has 2 heterocycles. The summed E-state index contributed by atoms with van der Waals surface area (Å²) in [4.78, 5) is 18.7. The number of hydrogen-bond acceptors (Lipinski definition) is 3. The number of fused-ring (bicyclic) bond motifs is 3. The number of anilines is 2. The van der Waals surface area contributed by atoms with Crippen molar-refractivity contribution in [3.05, 3.63) is 82.8 Å². The SMILES string of the molecule is Cc1ccc(-n2c(=O)n(C3CC4CCC3C4)c3ccc(Nc4ccccc4)nc32)cc1. The van der Waals surface area contributed by atoms with E-state index in [-0.39, 0.29) is 11.7 Å². The van der Waals surface area contributed by atoms with Gasteiger partial charge in [-0.2, -0.15) is 0 Å². The second-order valence-corrected chi connectivity index (χ2v) is 9.10. The molecule has 1 N–H and O–H groups in total. The molecule has 3 atom stereocenters. The second kappa shape index (κ2) is 7.12. The van der Waals surface area contributed by atoms with Crippen LogP contribution in [0.2, 0.25) is 0 Å². The first-order chi connectivity index (χ1) is 15.2. The highest BCUT2D eigenvalue weighted by Gasteiger charge is 2.42. The number of nitrogens with one attached hydrogen (secondary N) is 1. The van der Waals surface area contributed by atoms with Crippen molar-refractivity contribution in [2.75, 3.05) is 5.32 Å². The Kier molecular flexibility index (Phi) is 4.23. The zero-order valence-corrected chi connectivity index (χ0v) is 17.7. The van der Waals surface area contributed by atoms with Gasteiger partial charge < -0.3 is 5.32 Å². The van der Waals surface area contributed by atoms with Crippen molar-refractivity contribution in [1.82, 2.24) is 14.1 Å². The van der Waals surface area contributed by atoms with E-state index in [4.69, 9.17) is 4.98 Å². The molecule has 2 fully saturated rings. The van der Waals surface area contributed by atoms with Gasteiger partial charge in [0.2, 0.25) is 0 Å². The van der Waals surface area contributed by atoms with Crippen LogP contribution in [0.15, 0.2) is 71.5 Å². The van der Waals surface area contributed by atoms with Crippen molar-refractivity contribution in [3.63, 3.8) is 0 Å². The molecular formula is C26H26N4O. The van der Waals surface area contributed by atoms with E-state index in [0.717, 1.165) is 40.7 Å². The monoisotopic (exact) mass is 410 g/mol. The van der Waals surface area contributed by atoms with E-state index in [2.05, 4.69) is 30.4 Å². The summed E-state index contributed by atoms with van der Waals surface area (Å²) in [6.45, 7) is 2.06. The predicted molar refractivity (Wildman–Crippen MR) is 124 cm³/mol. The minimum Gasteiger partial charge on any atom is -0.340 e. The van der Waals surface area contributed by atoms with E-state index in [9.17, 15) is 4.79 Å². The number of para-hydroxylation sites is 1. The van der Waals surface area contributed by atoms with Crippen LogP contribution in [0.3, 0.4) is 0 Å². The van der Waals surface area contributed by atoms with Gasteiger partial charge in [-0.25, -0.2) is 14.3 Å². The maximum atomic E-state index is 13.8. The van der Waals surface area contributed by atoms with Crippen LogP contribution in [0.25, 0.3) is 16.9 Å². The Balaban J connectivity index is 1.53. The summed E-state index contributed by atoms with van der Waals surface area (Å²) in [5.74, 6) is 2.12. The summed E-state index contributed by atoms with van der Waals surface area (Å²) in [6, 6.07) is 22.5. The quantitative estimate of drug-likeness (QED) is 0.476. The molecule has 2 saturated carbocycles. The third-order valence-corrected chi connectivity index (χ3v) is 7.09. The fourth-order valence-electron chi connectivity index (χ4n) is 5.61. The van der Waals surface area contributed by atoms with Crippen LogP contribution in [-0.4, -0.2) is 14.1 Å². The van der Waals surface area contributed by atoms with Gasteiger partial charge in [-0.3, -0.25) is 4.57 Å². The van der Waals surface area contributed by atoms with Crippen molar-refractivity contribution >= 4 is 22.7 Å². The van der Waals surface area contributed by atoms with E-state index < -0.39 is 0 Å². The van der Waals surface area contributed by atoms with Gasteiger partial charge in [0.25, 0.3) is 0 Å². The molecule has 2 aliphatic carbocycles. The molecule has 0 aliphatic heterocycles. The highest BCUT2D eigenvalue weighted by molar-refractivity contribution is 5.77. The lowest BCUT2D eigenvalue weighted by atomic mass is 9.95. The molecule has 2 aliphatic rings. The first kappa shape index (κ1) is 18.4. The average molecular weight is 411 g/mol. The summed E-state index contributed by atoms with van der Waals surface area (Å²) in [7, 11) is 0. The lowest BCUT2D eigenvalue weighted by Crippen LogP contribution is -2.29. The molecule has 156 valence electrons. The number of nitrogens with zero attached hydrogens (tertiary/aromatic N) is 3. The Morgan fingerprint density at radius 1 is 0.935 bits per heavy atom. The number of pyridine rings is 1. The van der Waals surface area contributed by atoms with Crippen molar-refractivity contribution in [2.45, 2.75) is 38.6 Å². The smallest absolute Gasteiger partial charge is 0.335 e. The minimum atomic E-state index is 0.0285. The third kappa shape index (κ3) is 3.07. The Hall–Kier alpha value is -3.34. The number of aryl methyl sites for hydroxylation is 1. The van der Waals surface area contributed by atoms with Gasteiger partial charge in [0.15, 0.2) is 5.65 Å². The largest absolute Gasteiger partial charge is 0.340 e. The molecule has 0 spiro atoms. The first-order valence-corrected chi connectivity index (χ1v) is 11.2. The van der Waals surface area contributed by atoms with Gasteiger partial charge >= 0.3 is 5.69 Å². The van der Waals surface area contributed by atoms with Crippen LogP contribution < -0.4 is 11.0 Å². The molecular weight excluding hydrogens is 384 g/mol. The van der Waals surface area contributed by atoms with E-state index in [0.29, 0.717) is 5.92 Å². The molecule has 0 saturated heterocycles. The maximum Gasteiger partial charge on any atom is 0.335 e. The Morgan fingerprint density at radius 2 is 1.74 bits per heavy atom. The van der Waals surface area contributed by atoms with Gasteiger partial charge in [-0.15, -0.1) is 0 Å². The molecule has 4 aromatic rings. The predicted octanol–water partition coefficient (Wildman–Crippen LogP) is 5.60. The van der Waals surface area contributed by atoms with E-state index in [1.54, 1.807) is 4.57 Å². The number of imidazole rings is 1. The normalized spacial score (nSPS) is 22.3. The van der Waals surface area contributed by atoms with Crippen LogP contribution in [-0.2, 0) is 0 Å². The zero-order valence-electron chi connectivity index (χ0n) is 17.7. The molecule has 6 rings (SSSR count). The van der Waals surface area contributed by atoms with E-state index >= 15 is 0 Å². The molecule has 0 amide bonds. The molecule has 31 heavy (non-hydrogen) atoms. The fourth-order valence-corrected chi connectivity index (χ4v) is 5.61. The topological polar surface area (TPSA) is 51.9 Å². The second-order valence-electron chi connectivity index (χ2n) is 9.10. The Bertz CT molecular complexity index is 1300. The third-order valence-electron chi connectivity index (χ3n) is 7.09. The van der Waals surface area contributed by atoms with E-state index in [1.807, 2.05) is 53.1 Å². The van der Waals surface area contributed by atoms with Gasteiger partial charge in [0, 0.05) is 11.7 Å². The number of rotatable bonds is 4. The number of hydrogen-bond donors (Lipinski definition) is 1. The standard InChI is InChI=1S/C26H26N4O/c1-17-7-11-21(12-8-17)29-25-22(13-14-24(28-25)27-20-5-3-2-4-6-20)30(26(29)31)23-16-18-9-10-19(23)15-18/h2-8,11-14,18-19,23H,9-10,15-16H2,1H3,(H,27,28). The van der Waals surface area contributed by atoms with Gasteiger partial charge in [0.1, 0.15) is 5.82 Å². The molecule has 3 unspecified atom stereocenters. The van der Waals surface area contributed by atoms with Crippen LogP contribution in [0.1, 0.15) is 37.3 Å². The highest BCUT2D eigenvalue weighted by atomic mass is 16.1. The number of aromatic nitrogens is 3. The van der Waals surface area contributed by atoms with Crippen molar-refractivity contribution in [2.24, 2.45) is 11.8 Å². The summed E-state index contributed by atoms with van der Waals surface area (Å²) in [5.41, 5.74) is 4.70. The molecule has 2 aromatic heterocycles. The van der Waals surface area contributed by atoms with Gasteiger partial charge in [0.05, 0.1) is 11.2 Å². The van der Waals surface area contributed by atoms with Gasteiger partial charge in [-0.1, -0.05) is 42.3 Å². The zero-order chi connectivity index (χ0) is 20.9. The summed E-state index contributed by atoms with van der Waals surface area (Å²) in [6.07, 6.45) is 4.92. The van der Waals surface area contributed by atoms with Crippen LogP contribution in [0.4, 0.5) is 11.5 Å². The van der Waals surface area contributed by atoms with Crippen molar-refractivity contribution in [3.8, 4) is 5.69 Å². The van der Waals surface area contributed by atoms with Crippen LogP contribution in [0, 0.1) is 18.8 Å². The lowest BCUT2D eigenvalue weighted by molar-refractivity contribution is 0.329. The fraction of sp³-hybridized carbons (Fsp3) is 0.308. The summed E-state index contributed by atoms with van der Waals surface area (Å²) >= 11 is 0. The average Bonchev–Trinajstić information content (AvgIpc) is 3.48. The van der Waals surface area contributed by atoms with Crippen LogP contribution >= 0.6 is 0 Å². The van der Waals surface area contributed by atoms with Crippen LogP contribution in [0.5, 0.6) is 0 Å². The summed E-state index contributed by atoms with van der Waals surface area (Å²) < 4.78 is 3.83. The number of benzene rings is 2. The maximum absolute atomic E-state index is 13.8. The minimum absolute atomic E-state index is 0.0285. The molecule has 2 bridgehead atoms. The van der Waals surface area contributed by atoms with Gasteiger partial charge in [-0.05, 0) is 74.4 Å². The Morgan fingerprint density at radius 3 is 2.45 bits per heavy atom. The highest BCUT2D eigenvalue weighted by Crippen LogP contribution is 2.51. The van der Waals surface area contributed by atoms with E-state index in [1.165, 1.54) is 24.8 Å². The molecule has 2 aromatic carbocycles. The molecule has 0 radical (unpaired) electrons. The lowest BCUT2D eigenvalue weighted by Gasteiger charge is -2.23. The molecule has 5 heteroatoms. The Labute approximate surface area is 181 Å². The summed E-state index contributed by atoms with van der Waals surface area (Å²) in [5, 5.41) is 3.37. The van der Waals surface area contributed by atoms with Crippen molar-refractivity contribution in [1.29, 1.82) is 0 Å². The van der Waals surface area contributed by atoms with Crippen molar-refractivity contribution < 1.29 is 0 Å². The molecule has 5 nitrogen and oxygen atoms in total.